The number of carbonyl (C=O) groups excluding carboxylic acids is 2. The van der Waals surface area contributed by atoms with Crippen LogP contribution in [0.1, 0.15) is 30.4 Å². The Balaban J connectivity index is 0.000000158. The number of likely N-dealkylation sites (N-methyl/N-ethyl adjacent to an activating group) is 2. The molecule has 2 fully saturated rings. The van der Waals surface area contributed by atoms with E-state index in [0.29, 0.717) is 42.8 Å². The van der Waals surface area contributed by atoms with Gasteiger partial charge in [-0.05, 0) is 117 Å². The van der Waals surface area contributed by atoms with Crippen LogP contribution in [-0.4, -0.2) is 131 Å². The van der Waals surface area contributed by atoms with Crippen LogP contribution in [0.5, 0.6) is 11.5 Å². The van der Waals surface area contributed by atoms with E-state index in [9.17, 15) is 9.59 Å². The van der Waals surface area contributed by atoms with Crippen molar-refractivity contribution in [2.45, 2.75) is 45.2 Å². The number of carbonyl (C=O) groups is 2. The van der Waals surface area contributed by atoms with Crippen LogP contribution in [0.3, 0.4) is 0 Å². The van der Waals surface area contributed by atoms with E-state index < -0.39 is 20.1 Å². The predicted molar refractivity (Wildman–Crippen MR) is 256 cm³/mol. The van der Waals surface area contributed by atoms with Gasteiger partial charge in [-0.15, -0.1) is 0 Å². The van der Waals surface area contributed by atoms with Crippen LogP contribution in [0.2, 0.25) is 0 Å². The lowest BCUT2D eigenvalue weighted by molar-refractivity contribution is -0.118. The summed E-state index contributed by atoms with van der Waals surface area (Å²) in [5.74, 6) is 9.24. The molecule has 10 rings (SSSR count). The molecule has 1 atom stereocenters. The molecule has 62 heavy (non-hydrogen) atoms. The van der Waals surface area contributed by atoms with Crippen LogP contribution in [0.4, 0.5) is 46.3 Å². The smallest absolute Gasteiger partial charge is 0.246 e. The molecule has 0 radical (unpaired) electrons. The predicted octanol–water partition coefficient (Wildman–Crippen LogP) is 6.96. The Kier molecular flexibility index (Phi) is 11.0. The van der Waals surface area contributed by atoms with E-state index in [4.69, 9.17) is 19.4 Å². The van der Waals surface area contributed by atoms with Gasteiger partial charge in [-0.1, -0.05) is 6.07 Å². The van der Waals surface area contributed by atoms with E-state index in [0.717, 1.165) is 87.2 Å². The van der Waals surface area contributed by atoms with Crippen molar-refractivity contribution in [3.8, 4) is 11.5 Å². The Morgan fingerprint density at radius 2 is 1.21 bits per heavy atom. The minimum Gasteiger partial charge on any atom is -0.454 e. The van der Waals surface area contributed by atoms with Crippen LogP contribution in [0.15, 0.2) is 55.0 Å². The van der Waals surface area contributed by atoms with Gasteiger partial charge >= 0.3 is 0 Å². The van der Waals surface area contributed by atoms with Gasteiger partial charge in [0.15, 0.2) is 23.1 Å². The zero-order valence-electron chi connectivity index (χ0n) is 36.9. The minimum absolute atomic E-state index is 0.0839. The third-order valence-corrected chi connectivity index (χ3v) is 18.1. The van der Waals surface area contributed by atoms with Gasteiger partial charge in [-0.25, -0.2) is 30.0 Å². The summed E-state index contributed by atoms with van der Waals surface area (Å²) in [6.45, 7) is 5.04. The van der Waals surface area contributed by atoms with Gasteiger partial charge in [0.2, 0.25) is 30.5 Å². The SMILES string of the molecule is Cc1cc2c(cc1Nc1ncc3c(n1)N(C1CCS(C)(C)CC1)CC(=O)N3C)OCO2.Cc1cc2ncccc2cc1Nc1ncc2c(n1)N(C1CCS(C)(C)C1)CC(=O)N2C. The average Bonchev–Trinajstić information content (AvgIpc) is 3.86. The first kappa shape index (κ1) is 41.8. The van der Waals surface area contributed by atoms with Crippen LogP contribution in [0.25, 0.3) is 10.9 Å². The summed E-state index contributed by atoms with van der Waals surface area (Å²) < 4.78 is 11.0. The van der Waals surface area contributed by atoms with E-state index in [1.54, 1.807) is 42.5 Å². The number of hydrogen-bond acceptors (Lipinski definition) is 13. The van der Waals surface area contributed by atoms with Gasteiger partial charge in [-0.2, -0.15) is 9.97 Å². The van der Waals surface area contributed by atoms with Crippen molar-refractivity contribution in [2.24, 2.45) is 0 Å². The Morgan fingerprint density at radius 3 is 1.81 bits per heavy atom. The number of aryl methyl sites for hydroxylation is 2. The zero-order chi connectivity index (χ0) is 43.5. The van der Waals surface area contributed by atoms with Gasteiger partial charge in [0.1, 0.15) is 11.4 Å². The molecule has 0 saturated carbocycles. The van der Waals surface area contributed by atoms with Gasteiger partial charge in [-0.3, -0.25) is 14.6 Å². The van der Waals surface area contributed by atoms with Crippen molar-refractivity contribution in [3.05, 3.63) is 66.1 Å². The summed E-state index contributed by atoms with van der Waals surface area (Å²) in [7, 11) is 2.50. The fourth-order valence-corrected chi connectivity index (χ4v) is 13.4. The van der Waals surface area contributed by atoms with E-state index in [1.807, 2.05) is 31.2 Å². The monoisotopic (exact) mass is 879 g/mol. The van der Waals surface area contributed by atoms with Crippen LogP contribution in [0, 0.1) is 13.8 Å². The summed E-state index contributed by atoms with van der Waals surface area (Å²) in [5, 5.41) is 7.79. The molecule has 5 aliphatic rings. The van der Waals surface area contributed by atoms with Crippen molar-refractivity contribution >= 4 is 89.1 Å². The Hall–Kier alpha value is -5.55. The van der Waals surface area contributed by atoms with Crippen LogP contribution >= 0.6 is 20.1 Å². The van der Waals surface area contributed by atoms with E-state index >= 15 is 0 Å². The molecule has 2 aromatic carbocycles. The van der Waals surface area contributed by atoms with Gasteiger partial charge < -0.3 is 39.7 Å². The lowest BCUT2D eigenvalue weighted by atomic mass is 10.1. The topological polar surface area (TPSA) is 154 Å². The molecule has 1 unspecified atom stereocenters. The number of pyridine rings is 1. The largest absolute Gasteiger partial charge is 0.454 e. The lowest BCUT2D eigenvalue weighted by Crippen LogP contribution is -2.50. The third kappa shape index (κ3) is 8.35. The highest BCUT2D eigenvalue weighted by atomic mass is 32.3. The molecule has 0 aliphatic carbocycles. The molecule has 17 heteroatoms. The highest BCUT2D eigenvalue weighted by molar-refractivity contribution is 8.33. The molecule has 2 N–H and O–H groups in total. The number of benzene rings is 2. The first-order chi connectivity index (χ1) is 29.6. The number of nitrogens with zero attached hydrogens (tertiary/aromatic N) is 9. The fourth-order valence-electron chi connectivity index (χ4n) is 8.91. The minimum atomic E-state index is -0.595. The number of fused-ring (bicyclic) bond motifs is 4. The fraction of sp³-hybridized carbons (Fsp3) is 0.444. The van der Waals surface area contributed by atoms with Crippen molar-refractivity contribution in [3.63, 3.8) is 0 Å². The zero-order valence-corrected chi connectivity index (χ0v) is 38.5. The quantitative estimate of drug-likeness (QED) is 0.181. The Labute approximate surface area is 366 Å². The molecule has 328 valence electrons. The van der Waals surface area contributed by atoms with Crippen LogP contribution < -0.4 is 39.7 Å². The summed E-state index contributed by atoms with van der Waals surface area (Å²) >= 11 is 0. The summed E-state index contributed by atoms with van der Waals surface area (Å²) in [5.41, 5.74) is 6.44. The number of rotatable bonds is 6. The third-order valence-electron chi connectivity index (χ3n) is 12.8. The second-order valence-corrected chi connectivity index (χ2v) is 26.7. The van der Waals surface area contributed by atoms with Crippen LogP contribution in [-0.2, 0) is 9.59 Å². The van der Waals surface area contributed by atoms with Crippen molar-refractivity contribution < 1.29 is 19.1 Å². The number of anilines is 8. The maximum absolute atomic E-state index is 12.7. The summed E-state index contributed by atoms with van der Waals surface area (Å²) in [6, 6.07) is 12.7. The molecular weight excluding hydrogens is 823 g/mol. The Morgan fingerprint density at radius 1 is 0.677 bits per heavy atom. The molecule has 3 aromatic heterocycles. The Bertz CT molecular complexity index is 2560. The van der Waals surface area contributed by atoms with E-state index in [1.165, 1.54) is 17.3 Å². The van der Waals surface area contributed by atoms with Gasteiger partial charge in [0.05, 0.1) is 31.0 Å². The van der Waals surface area contributed by atoms with Crippen molar-refractivity contribution in [1.82, 2.24) is 24.9 Å². The highest BCUT2D eigenvalue weighted by Gasteiger charge is 2.39. The molecule has 8 heterocycles. The number of aromatic nitrogens is 5. The van der Waals surface area contributed by atoms with Gasteiger partial charge in [0.25, 0.3) is 0 Å². The van der Waals surface area contributed by atoms with E-state index in [2.05, 4.69) is 79.5 Å². The van der Waals surface area contributed by atoms with Crippen molar-refractivity contribution in [1.29, 1.82) is 0 Å². The standard InChI is InChI=1S/C23H28N6OS.C22H29N5O3S/c1-15-10-19-16(6-5-8-24-19)11-18(15)26-23-25-12-20-22(27-23)29(13-21(30)28(20)2)17-7-9-31(3,4)14-17;1-14-9-18-19(30-13-29-18)10-16(14)24-22-23-11-17-21(25-22)27(12-20(28)26(17)2)15-5-7-31(3,4)8-6-15/h5-6,8,10-12,17H,7,9,13-14H2,1-4H3,(H,25,26,27);9-11,15H,5-8,12-13H2,1-4H3,(H,23,24,25). The maximum atomic E-state index is 12.7. The molecule has 0 bridgehead atoms. The molecule has 2 amide bonds. The highest BCUT2D eigenvalue weighted by Crippen LogP contribution is 2.50. The lowest BCUT2D eigenvalue weighted by Gasteiger charge is -2.45. The number of ether oxygens (including phenoxy) is 2. The summed E-state index contributed by atoms with van der Waals surface area (Å²) in [4.78, 5) is 56.3. The van der Waals surface area contributed by atoms with Crippen molar-refractivity contribution in [2.75, 3.05) is 112 Å². The molecule has 0 spiro atoms. The number of amides is 2. The van der Waals surface area contributed by atoms with Gasteiger partial charge in [0, 0.05) is 55.2 Å². The normalized spacial score (nSPS) is 21.2. The first-order valence-electron chi connectivity index (χ1n) is 21.1. The van der Waals surface area contributed by atoms with E-state index in [-0.39, 0.29) is 18.6 Å². The number of nitrogens with one attached hydrogen (secondary N) is 2. The molecule has 5 aliphatic heterocycles. The second kappa shape index (κ2) is 16.3. The molecule has 2 saturated heterocycles. The molecule has 15 nitrogen and oxygen atoms in total. The molecular formula is C45H57N11O4S2. The second-order valence-electron chi connectivity index (χ2n) is 18.1. The first-order valence-corrected chi connectivity index (χ1v) is 26.7. The molecule has 5 aromatic rings. The summed E-state index contributed by atoms with van der Waals surface area (Å²) in [6.07, 6.45) is 18.2. The average molecular weight is 880 g/mol. The number of hydrogen-bond donors (Lipinski definition) is 2. The maximum Gasteiger partial charge on any atom is 0.246 e.